The van der Waals surface area contributed by atoms with Gasteiger partial charge < -0.3 is 9.64 Å². The summed E-state index contributed by atoms with van der Waals surface area (Å²) < 4.78 is 6.27. The highest BCUT2D eigenvalue weighted by atomic mass is 79.9. The van der Waals surface area contributed by atoms with Crippen molar-refractivity contribution in [2.75, 3.05) is 25.2 Å². The van der Waals surface area contributed by atoms with Gasteiger partial charge >= 0.3 is 0 Å². The fraction of sp³-hybridized carbons (Fsp3) is 0.615. The van der Waals surface area contributed by atoms with Crippen molar-refractivity contribution in [3.8, 4) is 0 Å². The summed E-state index contributed by atoms with van der Waals surface area (Å²) in [5.74, 6) is 0.840. The molecule has 1 aromatic heterocycles. The fourth-order valence-electron chi connectivity index (χ4n) is 2.17. The van der Waals surface area contributed by atoms with E-state index in [-0.39, 0.29) is 0 Å². The Bertz CT molecular complexity index is 368. The first-order valence-electron chi connectivity index (χ1n) is 6.09. The van der Waals surface area contributed by atoms with Gasteiger partial charge in [0.2, 0.25) is 0 Å². The van der Waals surface area contributed by atoms with E-state index in [1.165, 1.54) is 18.5 Å². The Morgan fingerprint density at radius 3 is 2.94 bits per heavy atom. The Morgan fingerprint density at radius 1 is 1.59 bits per heavy atom. The maximum atomic E-state index is 5.21. The van der Waals surface area contributed by atoms with Crippen LogP contribution >= 0.6 is 15.9 Å². The quantitative estimate of drug-likeness (QED) is 0.807. The molecule has 1 aliphatic carbocycles. The summed E-state index contributed by atoms with van der Waals surface area (Å²) in [5, 5.41) is 0. The molecule has 1 heterocycles. The number of anilines is 1. The number of pyridine rings is 1. The molecule has 1 unspecified atom stereocenters. The lowest BCUT2D eigenvalue weighted by atomic mass is 10.1. The van der Waals surface area contributed by atoms with Gasteiger partial charge in [0, 0.05) is 32.1 Å². The van der Waals surface area contributed by atoms with Crippen molar-refractivity contribution in [2.24, 2.45) is 5.92 Å². The van der Waals surface area contributed by atoms with Crippen LogP contribution in [-0.2, 0) is 4.74 Å². The molecular formula is C13H19BrN2O. The van der Waals surface area contributed by atoms with Crippen LogP contribution in [0.5, 0.6) is 0 Å². The van der Waals surface area contributed by atoms with E-state index in [0.29, 0.717) is 6.04 Å². The Balaban J connectivity index is 2.16. The second-order valence-electron chi connectivity index (χ2n) is 4.59. The molecule has 0 spiro atoms. The summed E-state index contributed by atoms with van der Waals surface area (Å²) in [6.07, 6.45) is 6.41. The predicted octanol–water partition coefficient (Wildman–Crippen LogP) is 3.10. The van der Waals surface area contributed by atoms with E-state index >= 15 is 0 Å². The molecule has 1 aromatic rings. The van der Waals surface area contributed by atoms with E-state index in [9.17, 15) is 0 Å². The average molecular weight is 299 g/mol. The van der Waals surface area contributed by atoms with Crippen LogP contribution < -0.4 is 4.90 Å². The summed E-state index contributed by atoms with van der Waals surface area (Å²) in [4.78, 5) is 6.55. The normalized spacial score (nSPS) is 16.9. The SMILES string of the molecule is COCCN(c1ccncc1Br)C(C)C1CC1. The lowest BCUT2D eigenvalue weighted by Crippen LogP contribution is -2.37. The van der Waals surface area contributed by atoms with Crippen molar-refractivity contribution in [3.63, 3.8) is 0 Å². The van der Waals surface area contributed by atoms with E-state index in [1.54, 1.807) is 7.11 Å². The molecule has 2 rings (SSSR count). The zero-order chi connectivity index (χ0) is 12.3. The molecule has 0 bridgehead atoms. The number of hydrogen-bond donors (Lipinski definition) is 0. The Labute approximate surface area is 111 Å². The van der Waals surface area contributed by atoms with Crippen molar-refractivity contribution >= 4 is 21.6 Å². The number of rotatable bonds is 6. The minimum absolute atomic E-state index is 0.573. The summed E-state index contributed by atoms with van der Waals surface area (Å²) in [7, 11) is 1.75. The lowest BCUT2D eigenvalue weighted by molar-refractivity contribution is 0.202. The first-order chi connectivity index (χ1) is 8.24. The van der Waals surface area contributed by atoms with Crippen LogP contribution in [0.15, 0.2) is 22.9 Å². The molecule has 0 N–H and O–H groups in total. The van der Waals surface area contributed by atoms with Gasteiger partial charge in [0.1, 0.15) is 0 Å². The third-order valence-electron chi connectivity index (χ3n) is 3.39. The summed E-state index contributed by atoms with van der Waals surface area (Å²) >= 11 is 3.58. The van der Waals surface area contributed by atoms with E-state index in [2.05, 4.69) is 38.8 Å². The first kappa shape index (κ1) is 12.8. The maximum absolute atomic E-state index is 5.21. The molecule has 1 aliphatic rings. The van der Waals surface area contributed by atoms with Crippen LogP contribution in [0.1, 0.15) is 19.8 Å². The van der Waals surface area contributed by atoms with Crippen LogP contribution in [0.2, 0.25) is 0 Å². The van der Waals surface area contributed by atoms with E-state index < -0.39 is 0 Å². The molecule has 0 aliphatic heterocycles. The number of halogens is 1. The number of hydrogen-bond acceptors (Lipinski definition) is 3. The highest BCUT2D eigenvalue weighted by Crippen LogP contribution is 2.38. The molecule has 0 saturated heterocycles. The molecule has 1 fully saturated rings. The van der Waals surface area contributed by atoms with Gasteiger partial charge in [-0.3, -0.25) is 4.98 Å². The predicted molar refractivity (Wildman–Crippen MR) is 73.3 cm³/mol. The van der Waals surface area contributed by atoms with Gasteiger partial charge in [0.25, 0.3) is 0 Å². The largest absolute Gasteiger partial charge is 0.383 e. The van der Waals surface area contributed by atoms with Gasteiger partial charge in [-0.15, -0.1) is 0 Å². The van der Waals surface area contributed by atoms with Crippen molar-refractivity contribution in [2.45, 2.75) is 25.8 Å². The number of nitrogens with zero attached hydrogens (tertiary/aromatic N) is 2. The van der Waals surface area contributed by atoms with Gasteiger partial charge in [-0.05, 0) is 47.7 Å². The average Bonchev–Trinajstić information content (AvgIpc) is 3.15. The minimum Gasteiger partial charge on any atom is -0.383 e. The van der Waals surface area contributed by atoms with Gasteiger partial charge in [0.05, 0.1) is 16.8 Å². The monoisotopic (exact) mass is 298 g/mol. The Kier molecular flexibility index (Phi) is 4.40. The van der Waals surface area contributed by atoms with E-state index in [1.807, 2.05) is 12.4 Å². The van der Waals surface area contributed by atoms with Gasteiger partial charge in [-0.2, -0.15) is 0 Å². The maximum Gasteiger partial charge on any atom is 0.0637 e. The van der Waals surface area contributed by atoms with Gasteiger partial charge in [-0.25, -0.2) is 0 Å². The topological polar surface area (TPSA) is 25.4 Å². The van der Waals surface area contributed by atoms with Gasteiger partial charge in [-0.1, -0.05) is 0 Å². The third-order valence-corrected chi connectivity index (χ3v) is 4.00. The van der Waals surface area contributed by atoms with Crippen molar-refractivity contribution < 1.29 is 4.74 Å². The molecular weight excluding hydrogens is 280 g/mol. The molecule has 0 radical (unpaired) electrons. The summed E-state index contributed by atoms with van der Waals surface area (Å²) in [5.41, 5.74) is 1.22. The van der Waals surface area contributed by atoms with Crippen LogP contribution in [-0.4, -0.2) is 31.3 Å². The second kappa shape index (κ2) is 5.83. The zero-order valence-electron chi connectivity index (χ0n) is 10.4. The van der Waals surface area contributed by atoms with E-state index in [4.69, 9.17) is 4.74 Å². The van der Waals surface area contributed by atoms with Crippen LogP contribution in [0.4, 0.5) is 5.69 Å². The molecule has 0 aromatic carbocycles. The smallest absolute Gasteiger partial charge is 0.0637 e. The highest BCUT2D eigenvalue weighted by molar-refractivity contribution is 9.10. The van der Waals surface area contributed by atoms with E-state index in [0.717, 1.165) is 23.5 Å². The Hall–Kier alpha value is -0.610. The summed E-state index contributed by atoms with van der Waals surface area (Å²) in [6.45, 7) is 3.99. The number of methoxy groups -OCH3 is 1. The highest BCUT2D eigenvalue weighted by Gasteiger charge is 2.32. The molecule has 0 amide bonds. The van der Waals surface area contributed by atoms with Crippen molar-refractivity contribution in [1.29, 1.82) is 0 Å². The third kappa shape index (κ3) is 3.19. The summed E-state index contributed by atoms with van der Waals surface area (Å²) in [6, 6.07) is 2.64. The molecule has 3 nitrogen and oxygen atoms in total. The minimum atomic E-state index is 0.573. The number of ether oxygens (including phenoxy) is 1. The standard InChI is InChI=1S/C13H19BrN2O/c1-10(11-3-4-11)16(7-8-17-2)13-5-6-15-9-12(13)14/h5-6,9-11H,3-4,7-8H2,1-2H3. The van der Waals surface area contributed by atoms with Crippen molar-refractivity contribution in [3.05, 3.63) is 22.9 Å². The molecule has 1 atom stereocenters. The molecule has 17 heavy (non-hydrogen) atoms. The van der Waals surface area contributed by atoms with Crippen LogP contribution in [0.25, 0.3) is 0 Å². The fourth-order valence-corrected chi connectivity index (χ4v) is 2.65. The Morgan fingerprint density at radius 2 is 2.35 bits per heavy atom. The molecule has 4 heteroatoms. The van der Waals surface area contributed by atoms with Crippen molar-refractivity contribution in [1.82, 2.24) is 4.98 Å². The number of aromatic nitrogens is 1. The van der Waals surface area contributed by atoms with Crippen LogP contribution in [0, 0.1) is 5.92 Å². The van der Waals surface area contributed by atoms with Gasteiger partial charge in [0.15, 0.2) is 0 Å². The first-order valence-corrected chi connectivity index (χ1v) is 6.88. The van der Waals surface area contributed by atoms with Crippen LogP contribution in [0.3, 0.4) is 0 Å². The second-order valence-corrected chi connectivity index (χ2v) is 5.45. The lowest BCUT2D eigenvalue weighted by Gasteiger charge is -2.32. The molecule has 94 valence electrons. The zero-order valence-corrected chi connectivity index (χ0v) is 12.0. The molecule has 1 saturated carbocycles.